The molecule has 2 aromatic rings. The van der Waals surface area contributed by atoms with Gasteiger partial charge in [0.05, 0.1) is 19.7 Å². The molecule has 0 aliphatic carbocycles. The van der Waals surface area contributed by atoms with Crippen molar-refractivity contribution in [3.05, 3.63) is 65.7 Å². The van der Waals surface area contributed by atoms with Gasteiger partial charge in [0, 0.05) is 18.7 Å². The van der Waals surface area contributed by atoms with Crippen molar-refractivity contribution in [3.63, 3.8) is 0 Å². The van der Waals surface area contributed by atoms with Gasteiger partial charge in [-0.3, -0.25) is 19.2 Å². The molecule has 4 N–H and O–H groups in total. The number of rotatable bonds is 14. The lowest BCUT2D eigenvalue weighted by Crippen LogP contribution is -2.59. The van der Waals surface area contributed by atoms with Gasteiger partial charge in [0.1, 0.15) is 17.8 Å². The van der Waals surface area contributed by atoms with Crippen LogP contribution in [-0.2, 0) is 25.7 Å². The molecule has 0 saturated carbocycles. The van der Waals surface area contributed by atoms with Gasteiger partial charge in [0.2, 0.25) is 17.6 Å². The van der Waals surface area contributed by atoms with E-state index in [1.54, 1.807) is 76.2 Å². The Morgan fingerprint density at radius 2 is 1.44 bits per heavy atom. The maximum absolute atomic E-state index is 15.0. The quantitative estimate of drug-likeness (QED) is 0.213. The predicted molar refractivity (Wildman–Crippen MR) is 172 cm³/mol. The number of alkyl halides is 5. The molecule has 1 heterocycles. The highest BCUT2D eigenvalue weighted by Gasteiger charge is 2.46. The van der Waals surface area contributed by atoms with Crippen LogP contribution >= 0.6 is 0 Å². The summed E-state index contributed by atoms with van der Waals surface area (Å²) >= 11 is 0. The molecule has 0 spiro atoms. The van der Waals surface area contributed by atoms with Crippen molar-refractivity contribution >= 4 is 29.5 Å². The zero-order chi connectivity index (χ0) is 37.8. The van der Waals surface area contributed by atoms with E-state index >= 15 is 0 Å². The van der Waals surface area contributed by atoms with Gasteiger partial charge in [-0.1, -0.05) is 58.0 Å². The van der Waals surface area contributed by atoms with Gasteiger partial charge < -0.3 is 30.7 Å². The normalized spacial score (nSPS) is 15.8. The Labute approximate surface area is 286 Å². The number of ketones is 1. The van der Waals surface area contributed by atoms with Crippen molar-refractivity contribution in [1.82, 2.24) is 20.9 Å². The fourth-order valence-electron chi connectivity index (χ4n) is 5.02. The first kappa shape index (κ1) is 41.6. The van der Waals surface area contributed by atoms with Crippen LogP contribution in [0, 0.1) is 11.8 Å². The number of hydrogen-bond donors (Lipinski definition) is 4. The van der Waals surface area contributed by atoms with Crippen LogP contribution in [0.2, 0.25) is 0 Å². The number of Topliss-reactive ketones (excluding diaryl/α,β-unsaturated/α-hetero) is 1. The van der Waals surface area contributed by atoms with Crippen LogP contribution in [-0.4, -0.2) is 89.9 Å². The standard InChI is InChI=1S/C32H42F2N4O5.C2HF3O2/c1-20(2)26(28(39)32(33,34)19-35-18-22-10-7-6-8-11-22)36-30(41)25-12-9-17-38(25)31(42)27(21(3)4)37-29(40)23-13-15-24(43-5)16-14-23;3-2(4,5)1(6)7/h6-8,10-11,13-16,20-21,25-27,35H,9,12,17-19H2,1-5H3,(H,36,41)(H,37,40);(H,6,7)/t25-,26-,27-;/m0./s1. The largest absolute Gasteiger partial charge is 0.497 e. The Kier molecular flexibility index (Phi) is 15.3. The van der Waals surface area contributed by atoms with Gasteiger partial charge >= 0.3 is 18.1 Å². The molecule has 0 radical (unpaired) electrons. The van der Waals surface area contributed by atoms with Crippen molar-refractivity contribution in [3.8, 4) is 5.75 Å². The molecule has 11 nitrogen and oxygen atoms in total. The Morgan fingerprint density at radius 1 is 0.880 bits per heavy atom. The number of benzene rings is 2. The summed E-state index contributed by atoms with van der Waals surface area (Å²) in [6, 6.07) is 12.1. The van der Waals surface area contributed by atoms with Gasteiger partial charge in [-0.15, -0.1) is 0 Å². The number of halogens is 5. The van der Waals surface area contributed by atoms with Crippen LogP contribution in [0.4, 0.5) is 22.0 Å². The maximum Gasteiger partial charge on any atom is 0.490 e. The van der Waals surface area contributed by atoms with E-state index < -0.39 is 72.2 Å². The van der Waals surface area contributed by atoms with E-state index in [2.05, 4.69) is 16.0 Å². The molecule has 1 aliphatic rings. The number of nitrogens with one attached hydrogen (secondary N) is 3. The minimum absolute atomic E-state index is 0.160. The molecule has 2 aromatic carbocycles. The first-order valence-electron chi connectivity index (χ1n) is 15.8. The van der Waals surface area contributed by atoms with Crippen molar-refractivity contribution in [2.45, 2.75) is 77.3 Å². The second-order valence-electron chi connectivity index (χ2n) is 12.3. The molecule has 1 aliphatic heterocycles. The van der Waals surface area contributed by atoms with Gasteiger partial charge in [-0.05, 0) is 54.5 Å². The Morgan fingerprint density at radius 3 is 1.94 bits per heavy atom. The topological polar surface area (TPSA) is 154 Å². The first-order valence-corrected chi connectivity index (χ1v) is 15.8. The maximum atomic E-state index is 15.0. The SMILES string of the molecule is COc1ccc(C(=O)N[C@H](C(=O)N2CCC[C@H]2C(=O)N[C@H](C(=O)C(F)(F)CNCc2ccccc2)C(C)C)C(C)C)cc1.O=C(O)C(F)(F)F. The smallest absolute Gasteiger partial charge is 0.490 e. The number of methoxy groups -OCH3 is 1. The average Bonchev–Trinajstić information content (AvgIpc) is 3.56. The van der Waals surface area contributed by atoms with Gasteiger partial charge in [0.25, 0.3) is 5.91 Å². The summed E-state index contributed by atoms with van der Waals surface area (Å²) in [4.78, 5) is 63.2. The summed E-state index contributed by atoms with van der Waals surface area (Å²) in [5.41, 5.74) is 1.14. The molecule has 50 heavy (non-hydrogen) atoms. The van der Waals surface area contributed by atoms with Crippen LogP contribution < -0.4 is 20.7 Å². The predicted octanol–water partition coefficient (Wildman–Crippen LogP) is 4.21. The highest BCUT2D eigenvalue weighted by molar-refractivity contribution is 5.99. The number of nitrogens with zero attached hydrogens (tertiary/aromatic N) is 1. The fourth-order valence-corrected chi connectivity index (χ4v) is 5.02. The summed E-state index contributed by atoms with van der Waals surface area (Å²) in [6.07, 6.45) is -4.26. The van der Waals surface area contributed by atoms with E-state index in [4.69, 9.17) is 14.6 Å². The summed E-state index contributed by atoms with van der Waals surface area (Å²) in [5.74, 6) is -9.78. The van der Waals surface area contributed by atoms with Crippen LogP contribution in [0.1, 0.15) is 56.5 Å². The van der Waals surface area contributed by atoms with Crippen molar-refractivity contribution in [2.75, 3.05) is 20.2 Å². The molecule has 3 amide bonds. The zero-order valence-corrected chi connectivity index (χ0v) is 28.4. The lowest BCUT2D eigenvalue weighted by atomic mass is 9.95. The van der Waals surface area contributed by atoms with Crippen LogP contribution in [0.15, 0.2) is 54.6 Å². The van der Waals surface area contributed by atoms with Crippen molar-refractivity contribution < 1.29 is 55.8 Å². The lowest BCUT2D eigenvalue weighted by Gasteiger charge is -2.32. The van der Waals surface area contributed by atoms with Gasteiger partial charge in [-0.2, -0.15) is 22.0 Å². The molecular formula is C34H43F5N4O7. The molecule has 0 unspecified atom stereocenters. The highest BCUT2D eigenvalue weighted by atomic mass is 19.4. The minimum atomic E-state index is -5.08. The van der Waals surface area contributed by atoms with E-state index in [1.807, 2.05) is 6.07 Å². The monoisotopic (exact) mass is 714 g/mol. The number of aliphatic carboxylic acids is 1. The van der Waals surface area contributed by atoms with E-state index in [0.717, 1.165) is 5.56 Å². The van der Waals surface area contributed by atoms with E-state index in [0.29, 0.717) is 24.2 Å². The van der Waals surface area contributed by atoms with Crippen LogP contribution in [0.3, 0.4) is 0 Å². The summed E-state index contributed by atoms with van der Waals surface area (Å²) in [6.45, 7) is 6.27. The van der Waals surface area contributed by atoms with E-state index in [-0.39, 0.29) is 19.0 Å². The lowest BCUT2D eigenvalue weighted by molar-refractivity contribution is -0.192. The first-order chi connectivity index (χ1) is 23.3. The van der Waals surface area contributed by atoms with Crippen LogP contribution in [0.25, 0.3) is 0 Å². The zero-order valence-electron chi connectivity index (χ0n) is 28.4. The number of likely N-dealkylation sites (tertiary alicyclic amines) is 1. The molecule has 1 saturated heterocycles. The molecule has 0 aromatic heterocycles. The number of carbonyl (C=O) groups is 5. The second kappa shape index (κ2) is 18.4. The third-order valence-corrected chi connectivity index (χ3v) is 7.78. The molecule has 3 atom stereocenters. The number of carboxylic acids is 1. The number of hydrogen-bond acceptors (Lipinski definition) is 7. The third kappa shape index (κ3) is 12.1. The molecule has 3 rings (SSSR count). The van der Waals surface area contributed by atoms with Gasteiger partial charge in [-0.25, -0.2) is 4.79 Å². The van der Waals surface area contributed by atoms with Gasteiger partial charge in [0.15, 0.2) is 0 Å². The van der Waals surface area contributed by atoms with Crippen molar-refractivity contribution in [2.24, 2.45) is 11.8 Å². The Hall–Kier alpha value is -4.60. The third-order valence-electron chi connectivity index (χ3n) is 7.78. The number of carboxylic acid groups (broad SMARTS) is 1. The number of carbonyl (C=O) groups excluding carboxylic acids is 4. The van der Waals surface area contributed by atoms with E-state index in [1.165, 1.54) is 12.0 Å². The Bertz CT molecular complexity index is 1450. The van der Waals surface area contributed by atoms with E-state index in [9.17, 15) is 41.1 Å². The number of amides is 3. The summed E-state index contributed by atoms with van der Waals surface area (Å²) in [7, 11) is 1.51. The summed E-state index contributed by atoms with van der Waals surface area (Å²) in [5, 5.41) is 15.0. The highest BCUT2D eigenvalue weighted by Crippen LogP contribution is 2.24. The second-order valence-corrected chi connectivity index (χ2v) is 12.3. The fraction of sp³-hybridized carbons (Fsp3) is 0.500. The Balaban J connectivity index is 0.00000112. The number of ether oxygens (including phenoxy) is 1. The molecule has 0 bridgehead atoms. The summed E-state index contributed by atoms with van der Waals surface area (Å²) < 4.78 is 66.8. The van der Waals surface area contributed by atoms with Crippen molar-refractivity contribution in [1.29, 1.82) is 0 Å². The molecule has 16 heteroatoms. The average molecular weight is 715 g/mol. The molecule has 1 fully saturated rings. The van der Waals surface area contributed by atoms with Crippen LogP contribution in [0.5, 0.6) is 5.75 Å². The minimum Gasteiger partial charge on any atom is -0.497 e. The molecule has 276 valence electrons. The molecular weight excluding hydrogens is 671 g/mol.